The lowest BCUT2D eigenvalue weighted by atomic mass is 10.6. The third-order valence-corrected chi connectivity index (χ3v) is 3.35. The van der Waals surface area contributed by atoms with E-state index in [9.17, 15) is 8.42 Å². The zero-order chi connectivity index (χ0) is 13.1. The summed E-state index contributed by atoms with van der Waals surface area (Å²) < 4.78 is 29.6. The summed E-state index contributed by atoms with van der Waals surface area (Å²) in [5, 5.41) is 6.00. The summed E-state index contributed by atoms with van der Waals surface area (Å²) in [6, 6.07) is 0. The predicted molar refractivity (Wildman–Crippen MR) is 68.7 cm³/mol. The molecule has 0 unspecified atom stereocenters. The highest BCUT2D eigenvalue weighted by atomic mass is 32.2. The summed E-state index contributed by atoms with van der Waals surface area (Å²) in [6.45, 7) is 3.65. The van der Waals surface area contributed by atoms with Gasteiger partial charge in [-0.1, -0.05) is 0 Å². The van der Waals surface area contributed by atoms with E-state index in [-0.39, 0.29) is 5.75 Å². The lowest BCUT2D eigenvalue weighted by Gasteiger charge is -2.11. The Balaban J connectivity index is 3.71. The van der Waals surface area contributed by atoms with Crippen LogP contribution in [-0.4, -0.2) is 60.5 Å². The number of nitrogens with one attached hydrogen (secondary N) is 3. The molecule has 0 aromatic carbocycles. The number of hydrogen-bond acceptors (Lipinski definition) is 4. The van der Waals surface area contributed by atoms with Gasteiger partial charge in [-0.3, -0.25) is 4.99 Å². The van der Waals surface area contributed by atoms with Crippen LogP contribution in [0.5, 0.6) is 0 Å². The van der Waals surface area contributed by atoms with Crippen LogP contribution in [0.4, 0.5) is 0 Å². The van der Waals surface area contributed by atoms with Gasteiger partial charge in [-0.2, -0.15) is 0 Å². The normalized spacial score (nSPS) is 12.5. The molecule has 0 rings (SSSR count). The highest BCUT2D eigenvalue weighted by Crippen LogP contribution is 1.79. The van der Waals surface area contributed by atoms with Gasteiger partial charge < -0.3 is 15.4 Å². The quantitative estimate of drug-likeness (QED) is 0.290. The summed E-state index contributed by atoms with van der Waals surface area (Å²) in [6.07, 6.45) is 0. The van der Waals surface area contributed by atoms with Crippen molar-refractivity contribution in [3.05, 3.63) is 0 Å². The molecule has 0 heterocycles. The largest absolute Gasteiger partial charge is 0.383 e. The van der Waals surface area contributed by atoms with Crippen LogP contribution in [-0.2, 0) is 14.8 Å². The molecule has 0 aliphatic rings. The first-order valence-electron chi connectivity index (χ1n) is 5.46. The summed E-state index contributed by atoms with van der Waals surface area (Å²) in [5.74, 6) is 0.714. The van der Waals surface area contributed by atoms with Crippen LogP contribution in [0.25, 0.3) is 0 Å². The minimum absolute atomic E-state index is 0.0911. The Kier molecular flexibility index (Phi) is 8.73. The van der Waals surface area contributed by atoms with Gasteiger partial charge >= 0.3 is 0 Å². The van der Waals surface area contributed by atoms with Crippen LogP contribution < -0.4 is 15.4 Å². The molecule has 17 heavy (non-hydrogen) atoms. The zero-order valence-electron chi connectivity index (χ0n) is 10.6. The van der Waals surface area contributed by atoms with Gasteiger partial charge in [-0.25, -0.2) is 13.1 Å². The van der Waals surface area contributed by atoms with E-state index in [0.717, 1.165) is 0 Å². The van der Waals surface area contributed by atoms with Crippen LogP contribution in [0.3, 0.4) is 0 Å². The first-order chi connectivity index (χ1) is 8.05. The van der Waals surface area contributed by atoms with Crippen molar-refractivity contribution in [2.24, 2.45) is 4.99 Å². The van der Waals surface area contributed by atoms with E-state index in [0.29, 0.717) is 32.2 Å². The molecule has 0 saturated carbocycles. The molecular formula is C9H22N4O3S. The molecule has 0 bridgehead atoms. The van der Waals surface area contributed by atoms with Gasteiger partial charge in [0.05, 0.1) is 12.4 Å². The molecule has 7 nitrogen and oxygen atoms in total. The van der Waals surface area contributed by atoms with Gasteiger partial charge in [0, 0.05) is 33.8 Å². The average Bonchev–Trinajstić information content (AvgIpc) is 2.32. The molecule has 0 radical (unpaired) electrons. The summed E-state index contributed by atoms with van der Waals surface area (Å²) in [4.78, 5) is 3.98. The number of ether oxygens (including phenoxy) is 1. The number of guanidine groups is 1. The van der Waals surface area contributed by atoms with Gasteiger partial charge in [0.15, 0.2) is 5.96 Å². The molecule has 0 aromatic heterocycles. The van der Waals surface area contributed by atoms with Crippen LogP contribution in [0.2, 0.25) is 0 Å². The van der Waals surface area contributed by atoms with Crippen molar-refractivity contribution in [3.8, 4) is 0 Å². The second-order valence-corrected chi connectivity index (χ2v) is 5.31. The van der Waals surface area contributed by atoms with Crippen LogP contribution >= 0.6 is 0 Å². The second-order valence-electron chi connectivity index (χ2n) is 3.22. The Labute approximate surface area is 103 Å². The maximum atomic E-state index is 11.1. The van der Waals surface area contributed by atoms with Gasteiger partial charge in [0.1, 0.15) is 0 Å². The van der Waals surface area contributed by atoms with E-state index < -0.39 is 10.0 Å². The van der Waals surface area contributed by atoms with Crippen molar-refractivity contribution in [2.45, 2.75) is 6.92 Å². The minimum Gasteiger partial charge on any atom is -0.383 e. The Bertz CT molecular complexity index is 316. The number of hydrogen-bond donors (Lipinski definition) is 3. The van der Waals surface area contributed by atoms with Gasteiger partial charge in [-0.15, -0.1) is 0 Å². The second kappa shape index (κ2) is 9.20. The lowest BCUT2D eigenvalue weighted by Crippen LogP contribution is -2.42. The first-order valence-corrected chi connectivity index (χ1v) is 7.11. The lowest BCUT2D eigenvalue weighted by molar-refractivity contribution is 0.203. The van der Waals surface area contributed by atoms with Gasteiger partial charge in [0.25, 0.3) is 0 Å². The standard InChI is InChI=1S/C9H22N4O3S/c1-4-17(14,15)13-6-5-11-9(10-2)12-7-8-16-3/h13H,4-8H2,1-3H3,(H2,10,11,12). The van der Waals surface area contributed by atoms with Gasteiger partial charge in [-0.05, 0) is 6.92 Å². The molecular weight excluding hydrogens is 244 g/mol. The van der Waals surface area contributed by atoms with Gasteiger partial charge in [0.2, 0.25) is 10.0 Å². The molecule has 0 atom stereocenters. The fourth-order valence-electron chi connectivity index (χ4n) is 0.982. The fraction of sp³-hybridized carbons (Fsp3) is 0.889. The maximum absolute atomic E-state index is 11.1. The number of sulfonamides is 1. The molecule has 102 valence electrons. The third kappa shape index (κ3) is 8.90. The molecule has 0 spiro atoms. The Morgan fingerprint density at radius 1 is 1.24 bits per heavy atom. The van der Waals surface area contributed by atoms with E-state index in [4.69, 9.17) is 4.74 Å². The molecule has 0 fully saturated rings. The first kappa shape index (κ1) is 16.1. The number of rotatable bonds is 8. The van der Waals surface area contributed by atoms with Crippen molar-refractivity contribution in [2.75, 3.05) is 46.2 Å². The van der Waals surface area contributed by atoms with E-state index in [2.05, 4.69) is 20.3 Å². The van der Waals surface area contributed by atoms with Crippen molar-refractivity contribution in [1.29, 1.82) is 0 Å². The van der Waals surface area contributed by atoms with E-state index in [1.54, 1.807) is 21.1 Å². The Morgan fingerprint density at radius 2 is 1.88 bits per heavy atom. The van der Waals surface area contributed by atoms with E-state index in [1.165, 1.54) is 0 Å². The highest BCUT2D eigenvalue weighted by molar-refractivity contribution is 7.89. The average molecular weight is 266 g/mol. The van der Waals surface area contributed by atoms with Crippen molar-refractivity contribution >= 4 is 16.0 Å². The monoisotopic (exact) mass is 266 g/mol. The third-order valence-electron chi connectivity index (χ3n) is 1.94. The number of methoxy groups -OCH3 is 1. The maximum Gasteiger partial charge on any atom is 0.211 e. The Hall–Kier alpha value is -0.860. The molecule has 0 aromatic rings. The molecule has 8 heteroatoms. The van der Waals surface area contributed by atoms with E-state index >= 15 is 0 Å². The summed E-state index contributed by atoms with van der Waals surface area (Å²) in [7, 11) is 0.158. The number of aliphatic imine (C=N–C) groups is 1. The van der Waals surface area contributed by atoms with E-state index in [1.807, 2.05) is 0 Å². The van der Waals surface area contributed by atoms with Crippen molar-refractivity contribution in [1.82, 2.24) is 15.4 Å². The molecule has 0 aliphatic carbocycles. The zero-order valence-corrected chi connectivity index (χ0v) is 11.4. The fourth-order valence-corrected chi connectivity index (χ4v) is 1.60. The smallest absolute Gasteiger partial charge is 0.211 e. The minimum atomic E-state index is -3.12. The predicted octanol–water partition coefficient (Wildman–Crippen LogP) is -1.26. The Morgan fingerprint density at radius 3 is 2.41 bits per heavy atom. The summed E-state index contributed by atoms with van der Waals surface area (Å²) in [5.41, 5.74) is 0. The van der Waals surface area contributed by atoms with Crippen LogP contribution in [0, 0.1) is 0 Å². The SMILES string of the molecule is CCS(=O)(=O)NCCNC(=NC)NCCOC. The van der Waals surface area contributed by atoms with Crippen molar-refractivity contribution < 1.29 is 13.2 Å². The van der Waals surface area contributed by atoms with Crippen LogP contribution in [0.1, 0.15) is 6.92 Å². The topological polar surface area (TPSA) is 91.8 Å². The highest BCUT2D eigenvalue weighted by Gasteiger charge is 2.04. The summed E-state index contributed by atoms with van der Waals surface area (Å²) >= 11 is 0. The molecule has 0 aliphatic heterocycles. The molecule has 0 saturated heterocycles. The molecule has 0 amide bonds. The number of nitrogens with zero attached hydrogens (tertiary/aromatic N) is 1. The van der Waals surface area contributed by atoms with Crippen molar-refractivity contribution in [3.63, 3.8) is 0 Å². The molecule has 3 N–H and O–H groups in total. The van der Waals surface area contributed by atoms with Crippen LogP contribution in [0.15, 0.2) is 4.99 Å².